The maximum absolute atomic E-state index is 4.10. The van der Waals surface area contributed by atoms with E-state index < -0.39 is 0 Å². The van der Waals surface area contributed by atoms with Gasteiger partial charge in [-0.05, 0) is 26.8 Å². The lowest BCUT2D eigenvalue weighted by atomic mass is 10.2. The summed E-state index contributed by atoms with van der Waals surface area (Å²) in [6.07, 6.45) is 5.95. The van der Waals surface area contributed by atoms with Crippen LogP contribution in [0.4, 0.5) is 0 Å². The van der Waals surface area contributed by atoms with Crippen molar-refractivity contribution in [2.24, 2.45) is 0 Å². The third-order valence-corrected chi connectivity index (χ3v) is 2.61. The molecular formula is C13H20N2. The number of likely N-dealkylation sites (N-methyl/N-ethyl adjacent to an activating group) is 1. The van der Waals surface area contributed by atoms with Crippen LogP contribution in [0.15, 0.2) is 48.6 Å². The third kappa shape index (κ3) is 1.84. The second kappa shape index (κ2) is 4.39. The molecule has 0 spiro atoms. The van der Waals surface area contributed by atoms with E-state index >= 15 is 0 Å². The molecule has 1 aliphatic rings. The highest BCUT2D eigenvalue weighted by atomic mass is 15.4. The molecule has 0 aliphatic carbocycles. The van der Waals surface area contributed by atoms with Gasteiger partial charge in [0.15, 0.2) is 0 Å². The average Bonchev–Trinajstić information content (AvgIpc) is 2.40. The molecule has 1 fully saturated rings. The topological polar surface area (TPSA) is 6.48 Å². The van der Waals surface area contributed by atoms with Crippen molar-refractivity contribution in [3.63, 3.8) is 0 Å². The summed E-state index contributed by atoms with van der Waals surface area (Å²) in [6, 6.07) is 0.406. The van der Waals surface area contributed by atoms with Crippen molar-refractivity contribution >= 4 is 0 Å². The van der Waals surface area contributed by atoms with Crippen molar-refractivity contribution in [3.8, 4) is 0 Å². The summed E-state index contributed by atoms with van der Waals surface area (Å²) < 4.78 is 0. The zero-order chi connectivity index (χ0) is 11.6. The third-order valence-electron chi connectivity index (χ3n) is 2.61. The number of rotatable bonds is 2. The standard InChI is InChI=1S/C13H20N2/c1-7-9-13-12(8-2)14(6)11(5)15(13)10(3)4/h7-10H,1,5H2,2-4,6H3/b12-8+,13-9?. The summed E-state index contributed by atoms with van der Waals surface area (Å²) in [5.74, 6) is 1.02. The van der Waals surface area contributed by atoms with Gasteiger partial charge in [0.1, 0.15) is 5.82 Å². The Hall–Kier alpha value is -1.44. The van der Waals surface area contributed by atoms with Gasteiger partial charge in [-0.3, -0.25) is 0 Å². The van der Waals surface area contributed by atoms with Crippen molar-refractivity contribution in [2.75, 3.05) is 7.05 Å². The molecule has 0 aromatic carbocycles. The van der Waals surface area contributed by atoms with Crippen LogP contribution in [-0.4, -0.2) is 22.9 Å². The first-order valence-corrected chi connectivity index (χ1v) is 5.25. The van der Waals surface area contributed by atoms with Gasteiger partial charge < -0.3 is 9.80 Å². The number of hydrogen-bond acceptors (Lipinski definition) is 2. The average molecular weight is 204 g/mol. The molecule has 0 radical (unpaired) electrons. The molecule has 1 aliphatic heterocycles. The molecule has 0 saturated carbocycles. The minimum atomic E-state index is 0.406. The molecule has 1 heterocycles. The Balaban J connectivity index is 3.23. The Morgan fingerprint density at radius 3 is 2.27 bits per heavy atom. The zero-order valence-electron chi connectivity index (χ0n) is 10.1. The lowest BCUT2D eigenvalue weighted by Gasteiger charge is -2.24. The van der Waals surface area contributed by atoms with E-state index in [9.17, 15) is 0 Å². The van der Waals surface area contributed by atoms with Crippen molar-refractivity contribution in [2.45, 2.75) is 26.8 Å². The fourth-order valence-corrected chi connectivity index (χ4v) is 1.93. The monoisotopic (exact) mass is 204 g/mol. The van der Waals surface area contributed by atoms with E-state index in [1.807, 2.05) is 26.1 Å². The van der Waals surface area contributed by atoms with Gasteiger partial charge in [-0.15, -0.1) is 0 Å². The second-order valence-corrected chi connectivity index (χ2v) is 3.90. The van der Waals surface area contributed by atoms with E-state index in [0.29, 0.717) is 6.04 Å². The molecular weight excluding hydrogens is 184 g/mol. The molecule has 0 atom stereocenters. The van der Waals surface area contributed by atoms with Crippen LogP contribution in [0.1, 0.15) is 20.8 Å². The van der Waals surface area contributed by atoms with Gasteiger partial charge in [0.05, 0.1) is 11.4 Å². The fourth-order valence-electron chi connectivity index (χ4n) is 1.93. The molecule has 15 heavy (non-hydrogen) atoms. The molecule has 0 aromatic heterocycles. The second-order valence-electron chi connectivity index (χ2n) is 3.90. The Morgan fingerprint density at radius 1 is 1.27 bits per heavy atom. The number of hydrogen-bond donors (Lipinski definition) is 0. The van der Waals surface area contributed by atoms with Crippen LogP contribution in [0.2, 0.25) is 0 Å². The summed E-state index contributed by atoms with van der Waals surface area (Å²) in [6.45, 7) is 14.2. The van der Waals surface area contributed by atoms with Gasteiger partial charge in [0.2, 0.25) is 0 Å². The first-order chi connectivity index (χ1) is 7.04. The molecule has 2 nitrogen and oxygen atoms in total. The SMILES string of the molecule is C=CC=C1/C(=C\C)N(C)C(=C)N1C(C)C. The van der Waals surface area contributed by atoms with E-state index in [-0.39, 0.29) is 0 Å². The summed E-state index contributed by atoms with van der Waals surface area (Å²) in [5.41, 5.74) is 2.36. The summed E-state index contributed by atoms with van der Waals surface area (Å²) >= 11 is 0. The van der Waals surface area contributed by atoms with Crippen LogP contribution in [-0.2, 0) is 0 Å². The Kier molecular flexibility index (Phi) is 3.40. The van der Waals surface area contributed by atoms with Crippen molar-refractivity contribution in [1.29, 1.82) is 0 Å². The minimum absolute atomic E-state index is 0.406. The number of nitrogens with zero attached hydrogens (tertiary/aromatic N) is 2. The summed E-state index contributed by atoms with van der Waals surface area (Å²) in [4.78, 5) is 4.33. The molecule has 82 valence electrons. The van der Waals surface area contributed by atoms with Crippen LogP contribution in [0.25, 0.3) is 0 Å². The van der Waals surface area contributed by atoms with Crippen LogP contribution >= 0.6 is 0 Å². The van der Waals surface area contributed by atoms with Crippen LogP contribution in [0, 0.1) is 0 Å². The van der Waals surface area contributed by atoms with Gasteiger partial charge in [-0.1, -0.05) is 25.3 Å². The van der Waals surface area contributed by atoms with E-state index in [0.717, 1.165) is 5.82 Å². The fraction of sp³-hybridized carbons (Fsp3) is 0.385. The van der Waals surface area contributed by atoms with Crippen molar-refractivity contribution < 1.29 is 0 Å². The maximum atomic E-state index is 4.10. The van der Waals surface area contributed by atoms with E-state index in [1.165, 1.54) is 11.4 Å². The van der Waals surface area contributed by atoms with Crippen molar-refractivity contribution in [3.05, 3.63) is 48.6 Å². The maximum Gasteiger partial charge on any atom is 0.106 e. The molecule has 0 aromatic rings. The predicted molar refractivity (Wildman–Crippen MR) is 65.9 cm³/mol. The van der Waals surface area contributed by atoms with E-state index in [2.05, 4.69) is 42.9 Å². The first kappa shape index (κ1) is 11.6. The summed E-state index contributed by atoms with van der Waals surface area (Å²) in [7, 11) is 2.04. The molecule has 0 bridgehead atoms. The summed E-state index contributed by atoms with van der Waals surface area (Å²) in [5, 5.41) is 0. The van der Waals surface area contributed by atoms with Gasteiger partial charge in [-0.25, -0.2) is 0 Å². The quantitative estimate of drug-likeness (QED) is 0.682. The van der Waals surface area contributed by atoms with E-state index in [1.54, 1.807) is 0 Å². The Labute approximate surface area is 92.9 Å². The highest BCUT2D eigenvalue weighted by Gasteiger charge is 2.30. The van der Waals surface area contributed by atoms with Crippen LogP contribution in [0.3, 0.4) is 0 Å². The molecule has 1 rings (SSSR count). The van der Waals surface area contributed by atoms with Gasteiger partial charge >= 0.3 is 0 Å². The van der Waals surface area contributed by atoms with E-state index in [4.69, 9.17) is 0 Å². The normalized spacial score (nSPS) is 22.3. The molecule has 2 heteroatoms. The highest BCUT2D eigenvalue weighted by Crippen LogP contribution is 2.35. The zero-order valence-corrected chi connectivity index (χ0v) is 10.1. The van der Waals surface area contributed by atoms with Crippen LogP contribution in [0.5, 0.6) is 0 Å². The molecule has 0 unspecified atom stereocenters. The molecule has 0 amide bonds. The first-order valence-electron chi connectivity index (χ1n) is 5.25. The van der Waals surface area contributed by atoms with Crippen molar-refractivity contribution in [1.82, 2.24) is 9.80 Å². The predicted octanol–water partition coefficient (Wildman–Crippen LogP) is 3.09. The lowest BCUT2D eigenvalue weighted by molar-refractivity contribution is 0.340. The van der Waals surface area contributed by atoms with Gasteiger partial charge in [-0.2, -0.15) is 0 Å². The largest absolute Gasteiger partial charge is 0.330 e. The lowest BCUT2D eigenvalue weighted by Crippen LogP contribution is -2.26. The van der Waals surface area contributed by atoms with Crippen LogP contribution < -0.4 is 0 Å². The Bertz CT molecular complexity index is 334. The van der Waals surface area contributed by atoms with Gasteiger partial charge in [0, 0.05) is 13.1 Å². The number of allylic oxidation sites excluding steroid dienone is 3. The van der Waals surface area contributed by atoms with Gasteiger partial charge in [0.25, 0.3) is 0 Å². The highest BCUT2D eigenvalue weighted by molar-refractivity contribution is 5.41. The Morgan fingerprint density at radius 2 is 1.87 bits per heavy atom. The molecule has 0 N–H and O–H groups in total. The molecule has 1 saturated heterocycles. The smallest absolute Gasteiger partial charge is 0.106 e. The minimum Gasteiger partial charge on any atom is -0.330 e.